The van der Waals surface area contributed by atoms with Gasteiger partial charge in [-0.15, -0.1) is 0 Å². The normalized spacial score (nSPS) is 10.9. The summed E-state index contributed by atoms with van der Waals surface area (Å²) in [6, 6.07) is 38.6. The van der Waals surface area contributed by atoms with E-state index in [1.807, 2.05) is 18.2 Å². The van der Waals surface area contributed by atoms with Crippen LogP contribution in [0, 0.1) is 0 Å². The first kappa shape index (κ1) is 22.5. The third kappa shape index (κ3) is 6.41. The fraction of sp³-hybridized carbons (Fsp3) is 0.0714. The van der Waals surface area contributed by atoms with Crippen LogP contribution < -0.4 is 0 Å². The Balaban J connectivity index is 0.000000188. The highest BCUT2D eigenvalue weighted by Gasteiger charge is 2.17. The molecular weight excluding hydrogens is 400 g/mol. The number of aliphatic carboxylic acids is 1. The molecule has 0 fully saturated rings. The average molecular weight is 424 g/mol. The van der Waals surface area contributed by atoms with Gasteiger partial charge in [0.1, 0.15) is 6.10 Å². The van der Waals surface area contributed by atoms with Crippen molar-refractivity contribution in [2.45, 2.75) is 13.0 Å². The van der Waals surface area contributed by atoms with E-state index in [-0.39, 0.29) is 0 Å². The minimum absolute atomic E-state index is 0.542. The lowest BCUT2D eigenvalue weighted by Gasteiger charge is -2.11. The fourth-order valence-electron chi connectivity index (χ4n) is 3.14. The predicted octanol–water partition coefficient (Wildman–Crippen LogP) is 6.40. The van der Waals surface area contributed by atoms with Crippen LogP contribution in [0.4, 0.5) is 0 Å². The van der Waals surface area contributed by atoms with Crippen molar-refractivity contribution in [2.24, 2.45) is 0 Å². The second-order valence-electron chi connectivity index (χ2n) is 7.08. The van der Waals surface area contributed by atoms with E-state index in [1.165, 1.54) is 22.3 Å². The Kier molecular flexibility index (Phi) is 7.93. The third-order valence-corrected chi connectivity index (χ3v) is 4.80. The van der Waals surface area contributed by atoms with Crippen molar-refractivity contribution in [1.82, 2.24) is 0 Å². The molecule has 0 saturated heterocycles. The van der Waals surface area contributed by atoms with Crippen molar-refractivity contribution < 1.29 is 19.4 Å². The van der Waals surface area contributed by atoms with Crippen molar-refractivity contribution in [1.29, 1.82) is 0 Å². The van der Waals surface area contributed by atoms with E-state index in [0.717, 1.165) is 5.56 Å². The van der Waals surface area contributed by atoms with Crippen molar-refractivity contribution >= 4 is 11.9 Å². The second-order valence-corrected chi connectivity index (χ2v) is 7.08. The maximum absolute atomic E-state index is 10.7. The van der Waals surface area contributed by atoms with Crippen LogP contribution in [0.15, 0.2) is 115 Å². The predicted molar refractivity (Wildman–Crippen MR) is 126 cm³/mol. The molecule has 0 aliphatic rings. The number of carboxylic acid groups (broad SMARTS) is 1. The van der Waals surface area contributed by atoms with Gasteiger partial charge in [-0.25, -0.2) is 9.59 Å². The van der Waals surface area contributed by atoms with Crippen molar-refractivity contribution in [3.05, 3.63) is 121 Å². The Bertz CT molecular complexity index is 1080. The Hall–Kier alpha value is -4.18. The molecule has 0 spiro atoms. The van der Waals surface area contributed by atoms with Gasteiger partial charge < -0.3 is 9.84 Å². The van der Waals surface area contributed by atoms with E-state index < -0.39 is 18.0 Å². The first-order valence-electron chi connectivity index (χ1n) is 10.2. The van der Waals surface area contributed by atoms with Crippen molar-refractivity contribution in [2.75, 3.05) is 0 Å². The van der Waals surface area contributed by atoms with Crippen LogP contribution in [0.25, 0.3) is 22.3 Å². The number of ether oxygens (including phenoxy) is 1. The zero-order chi connectivity index (χ0) is 22.8. The van der Waals surface area contributed by atoms with Gasteiger partial charge >= 0.3 is 11.9 Å². The van der Waals surface area contributed by atoms with Crippen molar-refractivity contribution in [3.63, 3.8) is 0 Å². The molecule has 0 amide bonds. The fourth-order valence-corrected chi connectivity index (χ4v) is 3.14. The molecule has 0 aromatic heterocycles. The topological polar surface area (TPSA) is 63.6 Å². The Labute approximate surface area is 187 Å². The molecule has 4 rings (SSSR count). The summed E-state index contributed by atoms with van der Waals surface area (Å²) in [5.74, 6) is -2.81. The van der Waals surface area contributed by atoms with Crippen LogP contribution in [-0.4, -0.2) is 17.0 Å². The molecule has 4 aromatic rings. The molecule has 4 heteroatoms. The molecule has 0 bridgehead atoms. The second kappa shape index (κ2) is 11.3. The van der Waals surface area contributed by atoms with E-state index in [1.54, 1.807) is 31.2 Å². The standard InChI is InChI=1S/C18H14.C10H10O4/c1-3-8-15(9-4-1)17-12-7-13-18(14-17)16-10-5-2-6-11-16;1-7(14-10(13)9(11)12)8-5-3-2-4-6-8/h1-14H;2-7H,1H3,(H,11,12). The lowest BCUT2D eigenvalue weighted by atomic mass is 9.99. The Morgan fingerprint density at radius 1 is 0.625 bits per heavy atom. The molecule has 4 aromatic carbocycles. The number of carbonyl (C=O) groups excluding carboxylic acids is 1. The van der Waals surface area contributed by atoms with Crippen molar-refractivity contribution in [3.8, 4) is 22.3 Å². The van der Waals surface area contributed by atoms with Gasteiger partial charge in [0.15, 0.2) is 0 Å². The largest absolute Gasteiger partial charge is 0.473 e. The quantitative estimate of drug-likeness (QED) is 0.304. The van der Waals surface area contributed by atoms with Gasteiger partial charge in [0.2, 0.25) is 0 Å². The van der Waals surface area contributed by atoms with E-state index in [4.69, 9.17) is 5.11 Å². The molecular formula is C28H24O4. The summed E-state index contributed by atoms with van der Waals surface area (Å²) in [7, 11) is 0. The lowest BCUT2D eigenvalue weighted by Crippen LogP contribution is -2.18. The number of carboxylic acids is 1. The Morgan fingerprint density at radius 2 is 1.03 bits per heavy atom. The lowest BCUT2D eigenvalue weighted by molar-refractivity contribution is -0.167. The van der Waals surface area contributed by atoms with E-state index in [9.17, 15) is 9.59 Å². The highest BCUT2D eigenvalue weighted by molar-refractivity contribution is 6.28. The minimum Gasteiger partial charge on any atom is -0.473 e. The summed E-state index contributed by atoms with van der Waals surface area (Å²) >= 11 is 0. The number of rotatable bonds is 4. The summed E-state index contributed by atoms with van der Waals surface area (Å²) in [6.07, 6.45) is -0.542. The Morgan fingerprint density at radius 3 is 1.47 bits per heavy atom. The van der Waals surface area contributed by atoms with Crippen LogP contribution >= 0.6 is 0 Å². The first-order chi connectivity index (χ1) is 15.5. The van der Waals surface area contributed by atoms with E-state index in [2.05, 4.69) is 77.5 Å². The number of carbonyl (C=O) groups is 2. The third-order valence-electron chi connectivity index (χ3n) is 4.80. The molecule has 0 heterocycles. The van der Waals surface area contributed by atoms with E-state index in [0.29, 0.717) is 0 Å². The molecule has 160 valence electrons. The molecule has 4 nitrogen and oxygen atoms in total. The van der Waals surface area contributed by atoms with Crippen LogP contribution in [0.2, 0.25) is 0 Å². The summed E-state index contributed by atoms with van der Waals surface area (Å²) < 4.78 is 4.66. The molecule has 32 heavy (non-hydrogen) atoms. The van der Waals surface area contributed by atoms with Gasteiger partial charge in [0, 0.05) is 0 Å². The van der Waals surface area contributed by atoms with Gasteiger partial charge in [-0.2, -0.15) is 0 Å². The summed E-state index contributed by atoms with van der Waals surface area (Å²) in [5, 5.41) is 8.30. The SMILES string of the molecule is CC(OC(=O)C(=O)O)c1ccccc1.c1ccc(-c2cccc(-c3ccccc3)c2)cc1. The summed E-state index contributed by atoms with van der Waals surface area (Å²) in [6.45, 7) is 1.62. The van der Waals surface area contributed by atoms with Crippen LogP contribution in [0.3, 0.4) is 0 Å². The maximum Gasteiger partial charge on any atom is 0.417 e. The van der Waals surface area contributed by atoms with Gasteiger partial charge in [-0.05, 0) is 40.8 Å². The van der Waals surface area contributed by atoms with Gasteiger partial charge in [0.05, 0.1) is 0 Å². The number of benzene rings is 4. The molecule has 1 unspecified atom stereocenters. The molecule has 1 N–H and O–H groups in total. The van der Waals surface area contributed by atoms with E-state index >= 15 is 0 Å². The molecule has 0 aliphatic heterocycles. The molecule has 0 radical (unpaired) electrons. The zero-order valence-electron chi connectivity index (χ0n) is 17.7. The molecule has 0 aliphatic carbocycles. The number of esters is 1. The monoisotopic (exact) mass is 424 g/mol. The minimum atomic E-state index is -1.58. The van der Waals surface area contributed by atoms with Gasteiger partial charge in [-0.3, -0.25) is 0 Å². The van der Waals surface area contributed by atoms with Gasteiger partial charge in [0.25, 0.3) is 0 Å². The molecule has 0 saturated carbocycles. The van der Waals surface area contributed by atoms with Crippen LogP contribution in [0.1, 0.15) is 18.6 Å². The first-order valence-corrected chi connectivity index (χ1v) is 10.2. The highest BCUT2D eigenvalue weighted by atomic mass is 16.6. The smallest absolute Gasteiger partial charge is 0.417 e. The van der Waals surface area contributed by atoms with Crippen LogP contribution in [-0.2, 0) is 14.3 Å². The van der Waals surface area contributed by atoms with Crippen LogP contribution in [0.5, 0.6) is 0 Å². The summed E-state index contributed by atoms with van der Waals surface area (Å²) in [5.41, 5.74) is 5.81. The number of hydrogen-bond acceptors (Lipinski definition) is 3. The molecule has 1 atom stereocenters. The maximum atomic E-state index is 10.7. The highest BCUT2D eigenvalue weighted by Crippen LogP contribution is 2.25. The number of hydrogen-bond donors (Lipinski definition) is 1. The summed E-state index contributed by atoms with van der Waals surface area (Å²) in [4.78, 5) is 20.9. The average Bonchev–Trinajstić information content (AvgIpc) is 2.86. The zero-order valence-corrected chi connectivity index (χ0v) is 17.7. The van der Waals surface area contributed by atoms with Gasteiger partial charge in [-0.1, -0.05) is 109 Å².